The minimum atomic E-state index is -4.28. The van der Waals surface area contributed by atoms with Gasteiger partial charge in [0.1, 0.15) is 17.6 Å². The first-order valence-corrected chi connectivity index (χ1v) is 17.0. The summed E-state index contributed by atoms with van der Waals surface area (Å²) in [7, 11) is -4.28. The van der Waals surface area contributed by atoms with Crippen molar-refractivity contribution in [2.24, 2.45) is 16.7 Å². The Bertz CT molecular complexity index is 1590. The zero-order valence-electron chi connectivity index (χ0n) is 25.4. The van der Waals surface area contributed by atoms with E-state index in [1.807, 2.05) is 4.72 Å². The second kappa shape index (κ2) is 13.0. The molecule has 2 atom stereocenters. The number of aromatic nitrogens is 4. The number of nitrogens with one attached hydrogen (secondary N) is 2. The van der Waals surface area contributed by atoms with E-state index in [-0.39, 0.29) is 27.8 Å². The number of nitrogens with zero attached hydrogens (tertiary/aromatic N) is 4. The van der Waals surface area contributed by atoms with E-state index in [1.165, 1.54) is 42.1 Å². The lowest BCUT2D eigenvalue weighted by atomic mass is 9.89. The molecule has 0 aliphatic heterocycles. The van der Waals surface area contributed by atoms with Gasteiger partial charge in [0.2, 0.25) is 5.88 Å². The molecule has 0 radical (unpaired) electrons. The lowest BCUT2D eigenvalue weighted by Gasteiger charge is -2.17. The van der Waals surface area contributed by atoms with Crippen LogP contribution in [0.1, 0.15) is 82.5 Å². The first-order valence-electron chi connectivity index (χ1n) is 15.1. The molecule has 3 aromatic rings. The van der Waals surface area contributed by atoms with Crippen LogP contribution < -0.4 is 14.8 Å². The summed E-state index contributed by atoms with van der Waals surface area (Å²) in [5.74, 6) is 0.820. The maximum absolute atomic E-state index is 13.0. The van der Waals surface area contributed by atoms with Gasteiger partial charge in [0.05, 0.1) is 11.7 Å². The van der Waals surface area contributed by atoms with Crippen molar-refractivity contribution in [1.29, 1.82) is 0 Å². The molecule has 0 spiro atoms. The highest BCUT2D eigenvalue weighted by Crippen LogP contribution is 2.48. The Balaban J connectivity index is 1.14. The highest BCUT2D eigenvalue weighted by Gasteiger charge is 2.39. The second-order valence-electron chi connectivity index (χ2n) is 13.2. The molecule has 0 saturated heterocycles. The van der Waals surface area contributed by atoms with Crippen molar-refractivity contribution in [3.63, 3.8) is 0 Å². The van der Waals surface area contributed by atoms with E-state index in [9.17, 15) is 18.3 Å². The van der Waals surface area contributed by atoms with Gasteiger partial charge in [-0.1, -0.05) is 38.4 Å². The molecule has 2 aliphatic carbocycles. The number of halogens is 1. The summed E-state index contributed by atoms with van der Waals surface area (Å²) in [5, 5.41) is 17.2. The van der Waals surface area contributed by atoms with E-state index in [4.69, 9.17) is 16.3 Å². The molecule has 3 aromatic heterocycles. The Morgan fingerprint density at radius 1 is 1.16 bits per heavy atom. The number of hydrogen-bond acceptors (Lipinski definition) is 9. The van der Waals surface area contributed by atoms with Crippen molar-refractivity contribution in [3.8, 4) is 11.7 Å². The molecule has 5 rings (SSSR count). The molecule has 1 amide bonds. The van der Waals surface area contributed by atoms with E-state index >= 15 is 0 Å². The lowest BCUT2D eigenvalue weighted by Crippen LogP contribution is -2.31. The van der Waals surface area contributed by atoms with Crippen LogP contribution in [0.25, 0.3) is 5.82 Å². The summed E-state index contributed by atoms with van der Waals surface area (Å²) in [6.45, 7) is 7.58. The third kappa shape index (κ3) is 8.48. The van der Waals surface area contributed by atoms with Gasteiger partial charge in [0.15, 0.2) is 10.8 Å². The Hall–Kier alpha value is -3.22. The smallest absolute Gasteiger partial charge is 0.281 e. The van der Waals surface area contributed by atoms with E-state index in [0.29, 0.717) is 35.9 Å². The predicted octanol–water partition coefficient (Wildman–Crippen LogP) is 5.38. The van der Waals surface area contributed by atoms with Crippen LogP contribution in [0.2, 0.25) is 5.15 Å². The van der Waals surface area contributed by atoms with Gasteiger partial charge in [-0.3, -0.25) is 4.79 Å². The first-order chi connectivity index (χ1) is 20.8. The van der Waals surface area contributed by atoms with E-state index in [2.05, 4.69) is 41.2 Å². The van der Waals surface area contributed by atoms with Crippen molar-refractivity contribution in [3.05, 3.63) is 53.3 Å². The molecule has 1 unspecified atom stereocenters. The third-order valence-electron chi connectivity index (χ3n) is 8.53. The number of aliphatic hydroxyl groups excluding tert-OH is 1. The number of amides is 1. The van der Waals surface area contributed by atoms with Gasteiger partial charge < -0.3 is 15.2 Å². The van der Waals surface area contributed by atoms with Gasteiger partial charge in [0.25, 0.3) is 15.9 Å². The van der Waals surface area contributed by atoms with E-state index < -0.39 is 22.0 Å². The van der Waals surface area contributed by atoms with Gasteiger partial charge in [-0.05, 0) is 92.4 Å². The summed E-state index contributed by atoms with van der Waals surface area (Å²) in [4.78, 5) is 21.3. The summed E-state index contributed by atoms with van der Waals surface area (Å²) in [6.07, 6.45) is 9.79. The maximum atomic E-state index is 13.0. The number of anilines is 1. The summed E-state index contributed by atoms with van der Waals surface area (Å²) in [5.41, 5.74) is 0.511. The molecule has 238 valence electrons. The summed E-state index contributed by atoms with van der Waals surface area (Å²) < 4.78 is 35.0. The van der Waals surface area contributed by atoms with Gasteiger partial charge in [-0.2, -0.15) is 8.42 Å². The van der Waals surface area contributed by atoms with Crippen LogP contribution in [0.15, 0.2) is 47.6 Å². The zero-order chi connectivity index (χ0) is 31.5. The number of hydrogen-bond donors (Lipinski definition) is 3. The molecule has 3 heterocycles. The van der Waals surface area contributed by atoms with Crippen LogP contribution in [-0.2, 0) is 10.0 Å². The maximum Gasteiger partial charge on any atom is 0.281 e. The van der Waals surface area contributed by atoms with Gasteiger partial charge in [-0.15, -0.1) is 5.10 Å². The SMILES string of the molecule is CC1(C)CC[C@@H](CCCNc2cccc(S(=O)(=O)NC(=O)c3ccc(-n4ccc(OCC(O)CC5(C)CC5)n4)nc3Cl)n2)C1. The average Bonchev–Trinajstić information content (AvgIpc) is 3.34. The zero-order valence-corrected chi connectivity index (χ0v) is 27.0. The number of ether oxygens (including phenoxy) is 1. The standard InChI is InChI=1S/C31H41ClN6O5S/c1-30(2)13-11-21(18-30)6-5-16-33-24-7-4-8-27(34-24)44(41,42)37-29(40)23-9-10-25(35-28(23)32)38-17-12-26(36-38)43-20-22(39)19-31(3)14-15-31/h4,7-10,12,17,21-22,39H,5-6,11,13-16,18-20H2,1-3H3,(H,33,34)(H,37,40)/t21-,22?/m1/s1. The number of aliphatic hydroxyl groups is 1. The minimum absolute atomic E-state index is 0.122. The predicted molar refractivity (Wildman–Crippen MR) is 168 cm³/mol. The van der Waals surface area contributed by atoms with Crippen molar-refractivity contribution >= 4 is 33.3 Å². The molecule has 13 heteroatoms. The molecule has 0 aromatic carbocycles. The van der Waals surface area contributed by atoms with Crippen LogP contribution in [0, 0.1) is 16.7 Å². The molecular weight excluding hydrogens is 604 g/mol. The second-order valence-corrected chi connectivity index (χ2v) is 15.2. The number of sulfonamides is 1. The first kappa shape index (κ1) is 32.2. The molecule has 11 nitrogen and oxygen atoms in total. The van der Waals surface area contributed by atoms with Crippen LogP contribution in [0.4, 0.5) is 5.82 Å². The van der Waals surface area contributed by atoms with Crippen molar-refractivity contribution in [2.45, 2.75) is 83.3 Å². The monoisotopic (exact) mass is 644 g/mol. The average molecular weight is 645 g/mol. The van der Waals surface area contributed by atoms with Crippen molar-refractivity contribution < 1.29 is 23.1 Å². The highest BCUT2D eigenvalue weighted by molar-refractivity contribution is 7.90. The van der Waals surface area contributed by atoms with Crippen LogP contribution in [-0.4, -0.2) is 58.4 Å². The number of pyridine rings is 2. The van der Waals surface area contributed by atoms with E-state index in [1.54, 1.807) is 24.4 Å². The Morgan fingerprint density at radius 2 is 1.95 bits per heavy atom. The number of rotatable bonds is 14. The Labute approximate surface area is 263 Å². The molecule has 2 saturated carbocycles. The van der Waals surface area contributed by atoms with Gasteiger partial charge in [0, 0.05) is 18.8 Å². The fourth-order valence-corrected chi connectivity index (χ4v) is 6.96. The summed E-state index contributed by atoms with van der Waals surface area (Å²) in [6, 6.07) is 9.08. The Kier molecular flexibility index (Phi) is 9.52. The fourth-order valence-electron chi connectivity index (χ4n) is 5.79. The van der Waals surface area contributed by atoms with Gasteiger partial charge in [-0.25, -0.2) is 19.4 Å². The van der Waals surface area contributed by atoms with Crippen LogP contribution in [0.5, 0.6) is 5.88 Å². The summed E-state index contributed by atoms with van der Waals surface area (Å²) >= 11 is 6.29. The number of carbonyl (C=O) groups excluding carboxylic acids is 1. The normalized spacial score (nSPS) is 19.3. The molecule has 3 N–H and O–H groups in total. The molecule has 0 bridgehead atoms. The largest absolute Gasteiger partial charge is 0.474 e. The highest BCUT2D eigenvalue weighted by atomic mass is 35.5. The van der Waals surface area contributed by atoms with E-state index in [0.717, 1.165) is 31.6 Å². The third-order valence-corrected chi connectivity index (χ3v) is 10.0. The molecule has 2 aliphatic rings. The van der Waals surface area contributed by atoms with Gasteiger partial charge >= 0.3 is 0 Å². The molecule has 2 fully saturated rings. The molecular formula is C31H41ClN6O5S. The topological polar surface area (TPSA) is 148 Å². The van der Waals surface area contributed by atoms with Crippen LogP contribution >= 0.6 is 11.6 Å². The minimum Gasteiger partial charge on any atom is -0.474 e. The Morgan fingerprint density at radius 3 is 2.66 bits per heavy atom. The lowest BCUT2D eigenvalue weighted by molar-refractivity contribution is 0.0811. The quantitative estimate of drug-likeness (QED) is 0.155. The fraction of sp³-hybridized carbons (Fsp3) is 0.548. The van der Waals surface area contributed by atoms with Crippen LogP contribution in [0.3, 0.4) is 0 Å². The van der Waals surface area contributed by atoms with Crippen molar-refractivity contribution in [1.82, 2.24) is 24.5 Å². The molecule has 44 heavy (non-hydrogen) atoms. The van der Waals surface area contributed by atoms with Crippen molar-refractivity contribution in [2.75, 3.05) is 18.5 Å². The number of carbonyl (C=O) groups is 1.